The lowest BCUT2D eigenvalue weighted by Crippen LogP contribution is -2.11. The summed E-state index contributed by atoms with van der Waals surface area (Å²) in [6, 6.07) is 70.7. The minimum Gasteiger partial charge on any atom is -0.456 e. The van der Waals surface area contributed by atoms with Crippen LogP contribution in [0.25, 0.3) is 109 Å². The maximum absolute atomic E-state index is 7.04. The van der Waals surface area contributed by atoms with Crippen LogP contribution in [0.3, 0.4) is 0 Å². The molecule has 4 heterocycles. The molecule has 6 heteroatoms. The van der Waals surface area contributed by atoms with E-state index in [9.17, 15) is 0 Å². The molecule has 402 valence electrons. The summed E-state index contributed by atoms with van der Waals surface area (Å²) >= 11 is 0. The monoisotopic (exact) mass is 1070 g/mol. The van der Waals surface area contributed by atoms with Gasteiger partial charge in [-0.2, -0.15) is 0 Å². The molecule has 0 aliphatic carbocycles. The van der Waals surface area contributed by atoms with E-state index in [4.69, 9.17) is 17.7 Å². The number of hydrogen-bond acceptors (Lipinski definition) is 6. The van der Waals surface area contributed by atoms with Crippen LogP contribution in [0.5, 0.6) is 0 Å². The highest BCUT2D eigenvalue weighted by Crippen LogP contribution is 2.49. The van der Waals surface area contributed by atoms with Crippen molar-refractivity contribution < 1.29 is 17.7 Å². The topological polar surface area (TPSA) is 59.0 Å². The molecule has 0 N–H and O–H groups in total. The molecule has 0 saturated heterocycles. The number of benzene rings is 11. The fourth-order valence-corrected chi connectivity index (χ4v) is 12.8. The van der Waals surface area contributed by atoms with Crippen molar-refractivity contribution in [2.24, 2.45) is 0 Å². The minimum atomic E-state index is -0.0904. The van der Waals surface area contributed by atoms with Crippen LogP contribution in [0.15, 0.2) is 212 Å². The van der Waals surface area contributed by atoms with E-state index in [1.165, 1.54) is 22.3 Å². The molecule has 0 aliphatic rings. The average Bonchev–Trinajstić information content (AvgIpc) is 2.89. The highest BCUT2D eigenvalue weighted by Gasteiger charge is 2.27. The first kappa shape index (κ1) is 49.8. The first-order chi connectivity index (χ1) is 39.5. The maximum Gasteiger partial charge on any atom is 0.159 e. The lowest BCUT2D eigenvalue weighted by atomic mass is 9.86. The van der Waals surface area contributed by atoms with Crippen molar-refractivity contribution in [2.45, 2.75) is 91.9 Å². The Hall–Kier alpha value is -9.26. The number of anilines is 6. The van der Waals surface area contributed by atoms with Crippen LogP contribution in [0.1, 0.15) is 103 Å². The van der Waals surface area contributed by atoms with Gasteiger partial charge < -0.3 is 27.5 Å². The van der Waals surface area contributed by atoms with Crippen molar-refractivity contribution in [3.8, 4) is 0 Å². The third-order valence-electron chi connectivity index (χ3n) is 17.2. The number of nitrogens with zero attached hydrogens (tertiary/aromatic N) is 2. The van der Waals surface area contributed by atoms with Gasteiger partial charge in [-0.3, -0.25) is 0 Å². The first-order valence-electron chi connectivity index (χ1n) is 28.9. The molecule has 4 aromatic heterocycles. The number of furan rings is 4. The average molecular weight is 1070 g/mol. The molecule has 15 aromatic rings. The number of fused-ring (bicyclic) bond motifs is 15. The molecule has 6 nitrogen and oxygen atoms in total. The van der Waals surface area contributed by atoms with Crippen molar-refractivity contribution in [3.63, 3.8) is 0 Å². The van der Waals surface area contributed by atoms with E-state index in [-0.39, 0.29) is 10.8 Å². The summed E-state index contributed by atoms with van der Waals surface area (Å²) in [7, 11) is 0. The quantitative estimate of drug-likeness (QED) is 0.151. The van der Waals surface area contributed by atoms with Crippen LogP contribution < -0.4 is 9.80 Å². The van der Waals surface area contributed by atoms with Crippen molar-refractivity contribution in [1.82, 2.24) is 0 Å². The molecule has 0 bridgehead atoms. The van der Waals surface area contributed by atoms with Crippen LogP contribution in [-0.2, 0) is 10.8 Å². The molecular weight excluding hydrogens is 1000 g/mol. The second-order valence-electron chi connectivity index (χ2n) is 25.3. The van der Waals surface area contributed by atoms with Crippen molar-refractivity contribution in [2.75, 3.05) is 9.80 Å². The summed E-state index contributed by atoms with van der Waals surface area (Å²) in [5, 5.41) is 12.9. The Morgan fingerprint density at radius 2 is 0.720 bits per heavy atom. The van der Waals surface area contributed by atoms with Gasteiger partial charge in [0.25, 0.3) is 0 Å². The highest BCUT2D eigenvalue weighted by molar-refractivity contribution is 6.24. The number of para-hydroxylation sites is 4. The lowest BCUT2D eigenvalue weighted by Gasteiger charge is -2.26. The third kappa shape index (κ3) is 7.82. The SMILES string of the molecule is CC(C)c1ccc(N(c2ccc3cc4c(cc3c2)oc2c4ccc3oc4cc5cc(N(c6ccc(C(C)C)cc6)c6cccc7c6oc6c(C(C)(C)C)cccc67)ccc5cc4c32)c2cccc3c2oc2c(C(C)(C)C)cccc23)cc1. The highest BCUT2D eigenvalue weighted by atomic mass is 16.3. The largest absolute Gasteiger partial charge is 0.456 e. The molecular formula is C76H64N2O4. The Kier molecular flexibility index (Phi) is 11.0. The summed E-state index contributed by atoms with van der Waals surface area (Å²) in [4.78, 5) is 4.68. The molecule has 0 amide bonds. The van der Waals surface area contributed by atoms with Gasteiger partial charge in [-0.15, -0.1) is 0 Å². The Bertz CT molecular complexity index is 5070. The molecule has 0 radical (unpaired) electrons. The van der Waals surface area contributed by atoms with Gasteiger partial charge in [-0.1, -0.05) is 166 Å². The fourth-order valence-electron chi connectivity index (χ4n) is 12.8. The predicted octanol–water partition coefficient (Wildman–Crippen LogP) is 23.4. The lowest BCUT2D eigenvalue weighted by molar-refractivity contribution is 0.572. The van der Waals surface area contributed by atoms with Gasteiger partial charge in [0.05, 0.1) is 16.8 Å². The standard InChI is InChI=1S/C76H64N2O4/c1-43(2)45-23-29-51(30-24-45)77(64-21-13-17-57-55-15-11-19-62(75(5,6)7)70(55)81-72(57)64)53-33-27-47-39-60-59-35-36-66-69(74(59)80-67(60)41-49(47)37-53)61-40-48-28-34-54(38-50(48)42-68(61)79-66)78(52-31-25-46(26-32-52)44(3)4)65-22-14-18-58-56-16-12-20-63(76(8,9)10)71(56)82-73(58)65/h11-44H,1-10H3. The Morgan fingerprint density at radius 1 is 0.305 bits per heavy atom. The normalized spacial score (nSPS) is 12.7. The molecule has 0 fully saturated rings. The first-order valence-corrected chi connectivity index (χ1v) is 28.9. The summed E-state index contributed by atoms with van der Waals surface area (Å²) in [5.41, 5.74) is 17.7. The van der Waals surface area contributed by atoms with Gasteiger partial charge in [0.1, 0.15) is 33.5 Å². The van der Waals surface area contributed by atoms with Crippen LogP contribution in [0, 0.1) is 0 Å². The van der Waals surface area contributed by atoms with E-state index in [1.54, 1.807) is 0 Å². The summed E-state index contributed by atoms with van der Waals surface area (Å²) in [6.45, 7) is 22.4. The summed E-state index contributed by atoms with van der Waals surface area (Å²) in [5.74, 6) is 0.820. The summed E-state index contributed by atoms with van der Waals surface area (Å²) in [6.07, 6.45) is 0. The fraction of sp³-hybridized carbons (Fsp3) is 0.184. The summed E-state index contributed by atoms with van der Waals surface area (Å²) < 4.78 is 27.8. The van der Waals surface area contributed by atoms with Crippen LogP contribution >= 0.6 is 0 Å². The Labute approximate surface area is 476 Å². The third-order valence-corrected chi connectivity index (χ3v) is 17.2. The Morgan fingerprint density at radius 3 is 1.18 bits per heavy atom. The smallest absolute Gasteiger partial charge is 0.159 e. The van der Waals surface area contributed by atoms with Gasteiger partial charge in [0.2, 0.25) is 0 Å². The molecule has 0 aliphatic heterocycles. The number of rotatable bonds is 8. The van der Waals surface area contributed by atoms with Gasteiger partial charge >= 0.3 is 0 Å². The molecule has 82 heavy (non-hydrogen) atoms. The molecule has 0 spiro atoms. The second-order valence-corrected chi connectivity index (χ2v) is 25.3. The zero-order chi connectivity index (χ0) is 56.1. The van der Waals surface area contributed by atoms with Gasteiger partial charge in [-0.05, 0) is 152 Å². The van der Waals surface area contributed by atoms with E-state index in [0.29, 0.717) is 11.8 Å². The van der Waals surface area contributed by atoms with E-state index >= 15 is 0 Å². The van der Waals surface area contributed by atoms with E-state index < -0.39 is 0 Å². The minimum absolute atomic E-state index is 0.0904. The van der Waals surface area contributed by atoms with Crippen LogP contribution in [-0.4, -0.2) is 0 Å². The van der Waals surface area contributed by atoms with Gasteiger partial charge in [-0.25, -0.2) is 0 Å². The zero-order valence-electron chi connectivity index (χ0n) is 48.2. The van der Waals surface area contributed by atoms with Crippen LogP contribution in [0.2, 0.25) is 0 Å². The van der Waals surface area contributed by atoms with Crippen molar-refractivity contribution >= 4 is 143 Å². The van der Waals surface area contributed by atoms with Gasteiger partial charge in [0, 0.05) is 71.6 Å². The molecule has 0 unspecified atom stereocenters. The van der Waals surface area contributed by atoms with Gasteiger partial charge in [0.15, 0.2) is 11.2 Å². The molecule has 11 aromatic carbocycles. The van der Waals surface area contributed by atoms with E-state index in [1.807, 2.05) is 0 Å². The zero-order valence-corrected chi connectivity index (χ0v) is 48.2. The van der Waals surface area contributed by atoms with E-state index in [0.717, 1.165) is 143 Å². The number of hydrogen-bond donors (Lipinski definition) is 0. The molecule has 15 rings (SSSR count). The second kappa shape index (κ2) is 18.1. The molecule has 0 atom stereocenters. The predicted molar refractivity (Wildman–Crippen MR) is 346 cm³/mol. The molecule has 0 saturated carbocycles. The van der Waals surface area contributed by atoms with Crippen LogP contribution in [0.4, 0.5) is 34.1 Å². The maximum atomic E-state index is 7.04. The van der Waals surface area contributed by atoms with Crippen molar-refractivity contribution in [1.29, 1.82) is 0 Å². The Balaban J connectivity index is 0.854. The van der Waals surface area contributed by atoms with E-state index in [2.05, 4.69) is 273 Å². The van der Waals surface area contributed by atoms with Crippen molar-refractivity contribution in [3.05, 3.63) is 216 Å².